The number of aromatic nitrogens is 1. The minimum absolute atomic E-state index is 0.00870. The predicted molar refractivity (Wildman–Crippen MR) is 106 cm³/mol. The third kappa shape index (κ3) is 4.40. The maximum absolute atomic E-state index is 12.9. The van der Waals surface area contributed by atoms with Gasteiger partial charge in [-0.2, -0.15) is 8.78 Å². The molecule has 6 nitrogen and oxygen atoms in total. The highest BCUT2D eigenvalue weighted by molar-refractivity contribution is 7.99. The third-order valence-electron chi connectivity index (χ3n) is 5.18. The normalized spacial score (nSPS) is 16.6. The van der Waals surface area contributed by atoms with Gasteiger partial charge in [-0.3, -0.25) is 9.59 Å². The fraction of sp³-hybridized carbons (Fsp3) is 0.381. The number of carbonyl (C=O) groups is 2. The van der Waals surface area contributed by atoms with E-state index in [2.05, 4.69) is 4.98 Å². The molecule has 2 aliphatic heterocycles. The van der Waals surface area contributed by atoms with Crippen LogP contribution in [0.15, 0.2) is 41.6 Å². The Kier molecular flexibility index (Phi) is 6.17. The van der Waals surface area contributed by atoms with E-state index in [-0.39, 0.29) is 40.0 Å². The first-order chi connectivity index (χ1) is 14.5. The molecule has 1 fully saturated rings. The third-order valence-corrected chi connectivity index (χ3v) is 5.91. The largest absolute Gasteiger partial charge is 0.486 e. The van der Waals surface area contributed by atoms with E-state index in [1.807, 2.05) is 0 Å². The van der Waals surface area contributed by atoms with Gasteiger partial charge in [0.15, 0.2) is 17.3 Å². The van der Waals surface area contributed by atoms with Gasteiger partial charge < -0.3 is 14.4 Å². The van der Waals surface area contributed by atoms with Gasteiger partial charge in [0.05, 0.1) is 5.56 Å². The molecule has 1 aromatic heterocycles. The average molecular weight is 434 g/mol. The lowest BCUT2D eigenvalue weighted by atomic mass is 9.88. The van der Waals surface area contributed by atoms with Crippen molar-refractivity contribution in [3.63, 3.8) is 0 Å². The number of Topliss-reactive ketones (excluding diaryl/α,β-unsaturated/α-hetero) is 1. The summed E-state index contributed by atoms with van der Waals surface area (Å²) in [5, 5.41) is 0.0204. The number of carbonyl (C=O) groups excluding carboxylic acids is 2. The Morgan fingerprint density at radius 3 is 2.57 bits per heavy atom. The number of benzene rings is 1. The highest BCUT2D eigenvalue weighted by atomic mass is 32.2. The van der Waals surface area contributed by atoms with Crippen molar-refractivity contribution >= 4 is 23.5 Å². The van der Waals surface area contributed by atoms with Crippen LogP contribution >= 0.6 is 11.8 Å². The number of piperidine rings is 1. The zero-order valence-corrected chi connectivity index (χ0v) is 16.9. The Bertz CT molecular complexity index is 948. The molecule has 0 bridgehead atoms. The van der Waals surface area contributed by atoms with Crippen molar-refractivity contribution in [3.05, 3.63) is 47.7 Å². The molecule has 0 radical (unpaired) electrons. The highest BCUT2D eigenvalue weighted by Crippen LogP contribution is 2.33. The fourth-order valence-electron chi connectivity index (χ4n) is 3.68. The van der Waals surface area contributed by atoms with Crippen molar-refractivity contribution in [2.45, 2.75) is 23.6 Å². The molecule has 158 valence electrons. The van der Waals surface area contributed by atoms with E-state index < -0.39 is 5.76 Å². The van der Waals surface area contributed by atoms with Gasteiger partial charge in [0.1, 0.15) is 18.2 Å². The summed E-state index contributed by atoms with van der Waals surface area (Å²) in [6, 6.07) is 8.24. The molecular weight excluding hydrogens is 414 g/mol. The van der Waals surface area contributed by atoms with Crippen LogP contribution in [0.4, 0.5) is 8.78 Å². The van der Waals surface area contributed by atoms with Crippen molar-refractivity contribution in [1.29, 1.82) is 0 Å². The van der Waals surface area contributed by atoms with E-state index in [9.17, 15) is 18.4 Å². The number of rotatable bonds is 5. The second-order valence-electron chi connectivity index (χ2n) is 7.02. The van der Waals surface area contributed by atoms with Crippen LogP contribution < -0.4 is 9.47 Å². The minimum Gasteiger partial charge on any atom is -0.486 e. The molecule has 1 aromatic carbocycles. The number of halogens is 2. The van der Waals surface area contributed by atoms with Crippen molar-refractivity contribution < 1.29 is 27.8 Å². The summed E-state index contributed by atoms with van der Waals surface area (Å²) in [4.78, 5) is 31.2. The molecule has 1 amide bonds. The number of pyridine rings is 1. The first kappa shape index (κ1) is 20.6. The molecule has 0 atom stereocenters. The molecule has 4 rings (SSSR count). The summed E-state index contributed by atoms with van der Waals surface area (Å²) < 4.78 is 36.5. The Morgan fingerprint density at radius 1 is 1.10 bits per heavy atom. The molecule has 0 spiro atoms. The van der Waals surface area contributed by atoms with Crippen molar-refractivity contribution in [1.82, 2.24) is 9.88 Å². The van der Waals surface area contributed by atoms with Crippen molar-refractivity contribution in [3.8, 4) is 11.5 Å². The van der Waals surface area contributed by atoms with E-state index in [1.165, 1.54) is 12.3 Å². The van der Waals surface area contributed by atoms with E-state index >= 15 is 0 Å². The van der Waals surface area contributed by atoms with Gasteiger partial charge in [-0.05, 0) is 54.9 Å². The first-order valence-corrected chi connectivity index (χ1v) is 10.5. The van der Waals surface area contributed by atoms with Crippen LogP contribution in [0.5, 0.6) is 11.5 Å². The van der Waals surface area contributed by atoms with Gasteiger partial charge >= 0.3 is 0 Å². The maximum atomic E-state index is 12.9. The van der Waals surface area contributed by atoms with E-state index in [4.69, 9.17) is 9.47 Å². The molecule has 0 aliphatic carbocycles. The summed E-state index contributed by atoms with van der Waals surface area (Å²) in [7, 11) is 0. The molecule has 2 aromatic rings. The van der Waals surface area contributed by atoms with Gasteiger partial charge in [0.2, 0.25) is 0 Å². The van der Waals surface area contributed by atoms with E-state index in [0.717, 1.165) is 0 Å². The summed E-state index contributed by atoms with van der Waals surface area (Å²) in [6.45, 7) is 1.70. The molecule has 30 heavy (non-hydrogen) atoms. The Hall–Kier alpha value is -2.68. The summed E-state index contributed by atoms with van der Waals surface area (Å²) >= 11 is 0.263. The SMILES string of the molecule is O=C(c1ccc2c(c1)OCCO2)C1CCN(C(=O)c2cccnc2SC(F)F)CC1. The predicted octanol–water partition coefficient (Wildman–Crippen LogP) is 3.90. The van der Waals surface area contributed by atoms with Crippen LogP contribution in [0, 0.1) is 5.92 Å². The number of ether oxygens (including phenoxy) is 2. The van der Waals surface area contributed by atoms with Crippen molar-refractivity contribution in [2.24, 2.45) is 5.92 Å². The summed E-state index contributed by atoms with van der Waals surface area (Å²) in [6.07, 6.45) is 2.41. The van der Waals surface area contributed by atoms with Crippen LogP contribution in [0.2, 0.25) is 0 Å². The molecule has 3 heterocycles. The van der Waals surface area contributed by atoms with Gasteiger partial charge in [0.25, 0.3) is 11.7 Å². The number of likely N-dealkylation sites (tertiary alicyclic amines) is 1. The molecule has 1 saturated heterocycles. The lowest BCUT2D eigenvalue weighted by molar-refractivity contribution is 0.0646. The topological polar surface area (TPSA) is 68.7 Å². The molecule has 0 N–H and O–H groups in total. The summed E-state index contributed by atoms with van der Waals surface area (Å²) in [5.74, 6) is -1.99. The first-order valence-electron chi connectivity index (χ1n) is 9.66. The van der Waals surface area contributed by atoms with Crippen LogP contribution in [0.25, 0.3) is 0 Å². The number of hydrogen-bond acceptors (Lipinski definition) is 6. The van der Waals surface area contributed by atoms with Gasteiger partial charge in [0, 0.05) is 30.8 Å². The number of alkyl halides is 2. The molecule has 0 saturated carbocycles. The average Bonchev–Trinajstić information content (AvgIpc) is 2.78. The van der Waals surface area contributed by atoms with Crippen LogP contribution in [-0.2, 0) is 0 Å². The van der Waals surface area contributed by atoms with Gasteiger partial charge in [-0.25, -0.2) is 4.98 Å². The summed E-state index contributed by atoms with van der Waals surface area (Å²) in [5.41, 5.74) is 0.728. The van der Waals surface area contributed by atoms with Gasteiger partial charge in [-0.15, -0.1) is 0 Å². The van der Waals surface area contributed by atoms with E-state index in [0.29, 0.717) is 56.2 Å². The standard InChI is InChI=1S/C21H20F2N2O4S/c22-21(23)30-19-15(2-1-7-24-19)20(27)25-8-5-13(6-9-25)18(26)14-3-4-16-17(12-14)29-11-10-28-16/h1-4,7,12-13,21H,5-6,8-11H2. The number of fused-ring (bicyclic) bond motifs is 1. The highest BCUT2D eigenvalue weighted by Gasteiger charge is 2.30. The molecule has 2 aliphatic rings. The zero-order chi connectivity index (χ0) is 21.1. The van der Waals surface area contributed by atoms with Crippen molar-refractivity contribution in [2.75, 3.05) is 26.3 Å². The quantitative estimate of drug-likeness (QED) is 0.525. The zero-order valence-electron chi connectivity index (χ0n) is 16.1. The van der Waals surface area contributed by atoms with E-state index in [1.54, 1.807) is 29.2 Å². The number of hydrogen-bond donors (Lipinski definition) is 0. The van der Waals surface area contributed by atoms with Crippen LogP contribution in [0.3, 0.4) is 0 Å². The maximum Gasteiger partial charge on any atom is 0.290 e. The minimum atomic E-state index is -2.65. The smallest absolute Gasteiger partial charge is 0.290 e. The second kappa shape index (κ2) is 8.99. The molecule has 9 heteroatoms. The Morgan fingerprint density at radius 2 is 1.83 bits per heavy atom. The lowest BCUT2D eigenvalue weighted by Crippen LogP contribution is -2.40. The lowest BCUT2D eigenvalue weighted by Gasteiger charge is -2.31. The number of ketones is 1. The number of nitrogens with zero attached hydrogens (tertiary/aromatic N) is 2. The molecular formula is C21H20F2N2O4S. The number of thioether (sulfide) groups is 1. The molecule has 0 unspecified atom stereocenters. The van der Waals surface area contributed by atoms with Crippen LogP contribution in [0.1, 0.15) is 33.6 Å². The van der Waals surface area contributed by atoms with Gasteiger partial charge in [-0.1, -0.05) is 0 Å². The van der Waals surface area contributed by atoms with Crippen LogP contribution in [-0.4, -0.2) is 53.6 Å². The monoisotopic (exact) mass is 434 g/mol. The Balaban J connectivity index is 1.40. The fourth-order valence-corrected chi connectivity index (χ4v) is 4.25. The Labute approximate surface area is 176 Å². The number of amides is 1. The second-order valence-corrected chi connectivity index (χ2v) is 8.00.